The van der Waals surface area contributed by atoms with Crippen molar-refractivity contribution >= 4 is 11.3 Å². The molecule has 0 spiro atoms. The molecule has 1 aliphatic heterocycles. The van der Waals surface area contributed by atoms with Gasteiger partial charge in [-0.25, -0.2) is 4.39 Å². The highest BCUT2D eigenvalue weighted by Gasteiger charge is 2.22. The van der Waals surface area contributed by atoms with Crippen LogP contribution in [0.15, 0.2) is 30.5 Å². The predicted molar refractivity (Wildman–Crippen MR) is 98.9 cm³/mol. The van der Waals surface area contributed by atoms with Crippen molar-refractivity contribution in [3.8, 4) is 17.1 Å². The van der Waals surface area contributed by atoms with E-state index in [2.05, 4.69) is 27.5 Å². The molecule has 1 atom stereocenters. The highest BCUT2D eigenvalue weighted by atomic mass is 19.1. The number of aromatic nitrogens is 3. The number of aryl methyl sites for hydroxylation is 1. The molecule has 1 aromatic carbocycles. The summed E-state index contributed by atoms with van der Waals surface area (Å²) in [6.45, 7) is 3.86. The Bertz CT molecular complexity index is 954. The molecule has 26 heavy (non-hydrogen) atoms. The maximum Gasteiger partial charge on any atom is 0.176 e. The Kier molecular flexibility index (Phi) is 4.24. The van der Waals surface area contributed by atoms with E-state index in [0.29, 0.717) is 22.7 Å². The zero-order valence-electron chi connectivity index (χ0n) is 14.9. The highest BCUT2D eigenvalue weighted by molar-refractivity contribution is 5.74. The SMILES string of the molecule is Cc1ccc(-c2nnc(N[C@@H]3CCCN(C)C3)c3c(F)ccn23)c(O)c1. The van der Waals surface area contributed by atoms with Gasteiger partial charge in [-0.3, -0.25) is 4.40 Å². The first-order chi connectivity index (χ1) is 12.5. The first-order valence-electron chi connectivity index (χ1n) is 8.81. The molecule has 0 radical (unpaired) electrons. The van der Waals surface area contributed by atoms with Crippen molar-refractivity contribution in [2.24, 2.45) is 0 Å². The van der Waals surface area contributed by atoms with Gasteiger partial charge in [-0.1, -0.05) is 6.07 Å². The molecule has 2 aromatic heterocycles. The summed E-state index contributed by atoms with van der Waals surface area (Å²) in [6.07, 6.45) is 3.73. The van der Waals surface area contributed by atoms with E-state index in [1.165, 1.54) is 6.07 Å². The number of phenols is 1. The number of rotatable bonds is 3. The number of likely N-dealkylation sites (tertiary alicyclic amines) is 1. The molecule has 7 heteroatoms. The number of benzene rings is 1. The van der Waals surface area contributed by atoms with Gasteiger partial charge in [0.1, 0.15) is 11.3 Å². The average Bonchev–Trinajstić information content (AvgIpc) is 2.98. The summed E-state index contributed by atoms with van der Waals surface area (Å²) < 4.78 is 16.1. The normalized spacial score (nSPS) is 18.3. The van der Waals surface area contributed by atoms with Crippen molar-refractivity contribution in [1.29, 1.82) is 0 Å². The number of fused-ring (bicyclic) bond motifs is 1. The number of anilines is 1. The van der Waals surface area contributed by atoms with Crippen LogP contribution in [0.5, 0.6) is 5.75 Å². The second-order valence-corrected chi connectivity index (χ2v) is 7.02. The standard InChI is InChI=1S/C19H22FN5O/c1-12-5-6-14(16(26)10-12)19-23-22-18(17-15(20)7-9-25(17)19)21-13-4-3-8-24(2)11-13/h5-7,9-10,13,26H,3-4,8,11H2,1-2H3,(H,21,22)/t13-/m1/s1. The fraction of sp³-hybridized carbons (Fsp3) is 0.368. The summed E-state index contributed by atoms with van der Waals surface area (Å²) in [7, 11) is 2.08. The quantitative estimate of drug-likeness (QED) is 0.756. The molecule has 1 aliphatic rings. The molecule has 1 fully saturated rings. The lowest BCUT2D eigenvalue weighted by Gasteiger charge is -2.30. The van der Waals surface area contributed by atoms with Crippen LogP contribution < -0.4 is 5.32 Å². The van der Waals surface area contributed by atoms with Crippen LogP contribution in [-0.4, -0.2) is 50.8 Å². The van der Waals surface area contributed by atoms with E-state index in [1.54, 1.807) is 22.7 Å². The van der Waals surface area contributed by atoms with E-state index in [0.717, 1.165) is 31.5 Å². The number of aromatic hydroxyl groups is 1. The van der Waals surface area contributed by atoms with Crippen LogP contribution in [-0.2, 0) is 0 Å². The van der Waals surface area contributed by atoms with Gasteiger partial charge >= 0.3 is 0 Å². The highest BCUT2D eigenvalue weighted by Crippen LogP contribution is 2.31. The predicted octanol–water partition coefficient (Wildman–Crippen LogP) is 3.06. The van der Waals surface area contributed by atoms with Gasteiger partial charge < -0.3 is 15.3 Å². The molecular weight excluding hydrogens is 333 g/mol. The summed E-state index contributed by atoms with van der Waals surface area (Å²) >= 11 is 0. The Hall–Kier alpha value is -2.67. The van der Waals surface area contributed by atoms with E-state index < -0.39 is 0 Å². The summed E-state index contributed by atoms with van der Waals surface area (Å²) in [4.78, 5) is 2.25. The van der Waals surface area contributed by atoms with E-state index in [1.807, 2.05) is 13.0 Å². The Morgan fingerprint density at radius 2 is 2.12 bits per heavy atom. The van der Waals surface area contributed by atoms with Crippen LogP contribution in [0.25, 0.3) is 16.9 Å². The molecule has 3 heterocycles. The molecule has 3 aromatic rings. The minimum absolute atomic E-state index is 0.101. The summed E-state index contributed by atoms with van der Waals surface area (Å²) in [5, 5.41) is 22.1. The largest absolute Gasteiger partial charge is 0.507 e. The molecule has 1 saturated heterocycles. The Balaban J connectivity index is 1.76. The lowest BCUT2D eigenvalue weighted by Crippen LogP contribution is -2.40. The van der Waals surface area contributed by atoms with E-state index >= 15 is 0 Å². The number of likely N-dealkylation sites (N-methyl/N-ethyl adjacent to an activating group) is 1. The molecular formula is C19H22FN5O. The third kappa shape index (κ3) is 2.99. The number of phenolic OH excluding ortho intramolecular Hbond substituents is 1. The monoisotopic (exact) mass is 355 g/mol. The second-order valence-electron chi connectivity index (χ2n) is 7.02. The Labute approximate surface area is 151 Å². The van der Waals surface area contributed by atoms with Crippen LogP contribution in [0.3, 0.4) is 0 Å². The molecule has 2 N–H and O–H groups in total. The zero-order chi connectivity index (χ0) is 18.3. The van der Waals surface area contributed by atoms with E-state index in [9.17, 15) is 9.50 Å². The van der Waals surface area contributed by atoms with Crippen molar-refractivity contribution in [2.75, 3.05) is 25.5 Å². The van der Waals surface area contributed by atoms with Crippen LogP contribution in [0.4, 0.5) is 10.2 Å². The van der Waals surface area contributed by atoms with Crippen LogP contribution >= 0.6 is 0 Å². The molecule has 6 nitrogen and oxygen atoms in total. The fourth-order valence-electron chi connectivity index (χ4n) is 3.59. The number of nitrogens with zero attached hydrogens (tertiary/aromatic N) is 4. The van der Waals surface area contributed by atoms with E-state index in [4.69, 9.17) is 0 Å². The first-order valence-corrected chi connectivity index (χ1v) is 8.81. The van der Waals surface area contributed by atoms with Gasteiger partial charge in [-0.2, -0.15) is 0 Å². The Morgan fingerprint density at radius 1 is 1.27 bits per heavy atom. The van der Waals surface area contributed by atoms with Crippen LogP contribution in [0.2, 0.25) is 0 Å². The van der Waals surface area contributed by atoms with Crippen molar-refractivity contribution < 1.29 is 9.50 Å². The second kappa shape index (κ2) is 6.57. The minimum atomic E-state index is -0.362. The summed E-state index contributed by atoms with van der Waals surface area (Å²) in [6, 6.07) is 6.92. The van der Waals surface area contributed by atoms with Crippen LogP contribution in [0, 0.1) is 12.7 Å². The molecule has 136 valence electrons. The van der Waals surface area contributed by atoms with Gasteiger partial charge in [-0.05, 0) is 57.1 Å². The van der Waals surface area contributed by atoms with Gasteiger partial charge in [0.2, 0.25) is 0 Å². The summed E-state index contributed by atoms with van der Waals surface area (Å²) in [5.41, 5.74) is 1.81. The third-order valence-corrected chi connectivity index (χ3v) is 4.89. The topological polar surface area (TPSA) is 65.7 Å². The maximum absolute atomic E-state index is 14.5. The van der Waals surface area contributed by atoms with Gasteiger partial charge in [-0.15, -0.1) is 10.2 Å². The fourth-order valence-corrected chi connectivity index (χ4v) is 3.59. The molecule has 0 aliphatic carbocycles. The van der Waals surface area contributed by atoms with Crippen LogP contribution in [0.1, 0.15) is 18.4 Å². The molecule has 0 saturated carbocycles. The van der Waals surface area contributed by atoms with Gasteiger partial charge in [0.15, 0.2) is 17.5 Å². The van der Waals surface area contributed by atoms with Crippen molar-refractivity contribution in [2.45, 2.75) is 25.8 Å². The molecule has 4 rings (SSSR count). The van der Waals surface area contributed by atoms with Crippen molar-refractivity contribution in [3.63, 3.8) is 0 Å². The average molecular weight is 355 g/mol. The zero-order valence-corrected chi connectivity index (χ0v) is 14.9. The lowest BCUT2D eigenvalue weighted by atomic mass is 10.1. The molecule has 0 amide bonds. The van der Waals surface area contributed by atoms with Gasteiger partial charge in [0.25, 0.3) is 0 Å². The number of hydrogen-bond donors (Lipinski definition) is 2. The van der Waals surface area contributed by atoms with Crippen molar-refractivity contribution in [1.82, 2.24) is 19.5 Å². The molecule has 0 unspecified atom stereocenters. The summed E-state index contributed by atoms with van der Waals surface area (Å²) in [5.74, 6) is 0.583. The third-order valence-electron chi connectivity index (χ3n) is 4.89. The number of halogens is 1. The van der Waals surface area contributed by atoms with Gasteiger partial charge in [0, 0.05) is 18.8 Å². The maximum atomic E-state index is 14.5. The minimum Gasteiger partial charge on any atom is -0.507 e. The Morgan fingerprint density at radius 3 is 2.88 bits per heavy atom. The van der Waals surface area contributed by atoms with Gasteiger partial charge in [0.05, 0.1) is 5.56 Å². The molecule has 0 bridgehead atoms. The smallest absolute Gasteiger partial charge is 0.176 e. The first kappa shape index (κ1) is 16.8. The number of piperidine rings is 1. The number of nitrogens with one attached hydrogen (secondary N) is 1. The van der Waals surface area contributed by atoms with E-state index in [-0.39, 0.29) is 17.6 Å². The number of hydrogen-bond acceptors (Lipinski definition) is 5. The van der Waals surface area contributed by atoms with Crippen molar-refractivity contribution in [3.05, 3.63) is 41.8 Å². The lowest BCUT2D eigenvalue weighted by molar-refractivity contribution is 0.260.